The van der Waals surface area contributed by atoms with E-state index in [1.807, 2.05) is 12.1 Å². The Kier molecular flexibility index (Phi) is 5.91. The van der Waals surface area contributed by atoms with Gasteiger partial charge >= 0.3 is 5.97 Å². The molecule has 0 N–H and O–H groups in total. The van der Waals surface area contributed by atoms with Gasteiger partial charge in [0, 0.05) is 11.1 Å². The number of hydrogen-bond acceptors (Lipinski definition) is 6. The quantitative estimate of drug-likeness (QED) is 0.366. The van der Waals surface area contributed by atoms with Gasteiger partial charge in [0.25, 0.3) is 0 Å². The fourth-order valence-electron chi connectivity index (χ4n) is 2.90. The second-order valence-electron chi connectivity index (χ2n) is 6.62. The van der Waals surface area contributed by atoms with Crippen LogP contribution in [0.5, 0.6) is 17.2 Å². The minimum atomic E-state index is -0.453. The maximum absolute atomic E-state index is 12.8. The minimum absolute atomic E-state index is 0.0353. The number of methoxy groups -OCH3 is 1. The van der Waals surface area contributed by atoms with E-state index in [1.54, 1.807) is 54.6 Å². The fraction of sp³-hybridized carbons (Fsp3) is 0.0833. The van der Waals surface area contributed by atoms with Crippen LogP contribution in [-0.2, 0) is 11.3 Å². The molecule has 0 atom stereocenters. The molecule has 0 fully saturated rings. The zero-order chi connectivity index (χ0) is 21.8. The molecule has 1 heterocycles. The molecule has 0 spiro atoms. The Hall–Kier alpha value is -3.77. The zero-order valence-corrected chi connectivity index (χ0v) is 17.2. The highest BCUT2D eigenvalue weighted by atomic mass is 35.5. The number of benzene rings is 3. The lowest BCUT2D eigenvalue weighted by Crippen LogP contribution is -2.05. The third-order valence-corrected chi connectivity index (χ3v) is 4.79. The largest absolute Gasteiger partial charge is 0.489 e. The summed E-state index contributed by atoms with van der Waals surface area (Å²) in [6.07, 6.45) is 1.25. The smallest absolute Gasteiger partial charge is 0.337 e. The van der Waals surface area contributed by atoms with Gasteiger partial charge in [-0.15, -0.1) is 0 Å². The van der Waals surface area contributed by atoms with E-state index in [0.29, 0.717) is 39.7 Å². The van der Waals surface area contributed by atoms with E-state index < -0.39 is 5.97 Å². The standard InChI is InChI=1S/C24H17ClO6/c1-28-24(27)16-4-8-18(9-5-16)31-22-14-30-21-12-19(10-11-20(21)23(22)26)29-13-15-2-6-17(25)7-3-15/h2-12,14H,13H2,1H3. The topological polar surface area (TPSA) is 75.0 Å². The van der Waals surface area contributed by atoms with Crippen molar-refractivity contribution in [3.63, 3.8) is 0 Å². The Morgan fingerprint density at radius 2 is 1.68 bits per heavy atom. The third kappa shape index (κ3) is 4.70. The SMILES string of the molecule is COC(=O)c1ccc(Oc2coc3cc(OCc4ccc(Cl)cc4)ccc3c2=O)cc1. The van der Waals surface area contributed by atoms with Gasteiger partial charge in [-0.25, -0.2) is 4.79 Å². The number of carbonyl (C=O) groups is 1. The van der Waals surface area contributed by atoms with E-state index >= 15 is 0 Å². The fourth-order valence-corrected chi connectivity index (χ4v) is 3.03. The number of ether oxygens (including phenoxy) is 3. The summed E-state index contributed by atoms with van der Waals surface area (Å²) in [5.74, 6) is 0.541. The summed E-state index contributed by atoms with van der Waals surface area (Å²) in [4.78, 5) is 24.3. The molecular weight excluding hydrogens is 420 g/mol. The Bertz CT molecular complexity index is 1280. The summed E-state index contributed by atoms with van der Waals surface area (Å²) in [6.45, 7) is 0.357. The zero-order valence-electron chi connectivity index (χ0n) is 16.5. The average Bonchev–Trinajstić information content (AvgIpc) is 2.80. The Morgan fingerprint density at radius 3 is 2.39 bits per heavy atom. The van der Waals surface area contributed by atoms with Gasteiger partial charge in [0.05, 0.1) is 18.1 Å². The molecule has 31 heavy (non-hydrogen) atoms. The first-order valence-corrected chi connectivity index (χ1v) is 9.70. The molecule has 1 aromatic heterocycles. The normalized spacial score (nSPS) is 10.6. The molecule has 0 aliphatic rings. The van der Waals surface area contributed by atoms with Crippen molar-refractivity contribution in [2.75, 3.05) is 7.11 Å². The van der Waals surface area contributed by atoms with Crippen LogP contribution in [0.15, 0.2) is 82.2 Å². The van der Waals surface area contributed by atoms with Gasteiger partial charge in [-0.3, -0.25) is 4.79 Å². The predicted octanol–water partition coefficient (Wildman–Crippen LogP) is 5.60. The van der Waals surface area contributed by atoms with Crippen molar-refractivity contribution in [1.29, 1.82) is 0 Å². The molecule has 156 valence electrons. The van der Waals surface area contributed by atoms with Crippen LogP contribution < -0.4 is 14.9 Å². The molecule has 0 amide bonds. The minimum Gasteiger partial charge on any atom is -0.489 e. The summed E-state index contributed by atoms with van der Waals surface area (Å²) in [6, 6.07) is 18.6. The Balaban J connectivity index is 1.51. The molecule has 0 bridgehead atoms. The summed E-state index contributed by atoms with van der Waals surface area (Å²) in [5, 5.41) is 1.02. The van der Waals surface area contributed by atoms with Crippen molar-refractivity contribution >= 4 is 28.5 Å². The second kappa shape index (κ2) is 8.93. The molecule has 0 unspecified atom stereocenters. The van der Waals surface area contributed by atoms with Gasteiger partial charge in [0.1, 0.15) is 30.0 Å². The van der Waals surface area contributed by atoms with E-state index in [-0.39, 0.29) is 11.2 Å². The second-order valence-corrected chi connectivity index (χ2v) is 7.06. The van der Waals surface area contributed by atoms with Crippen LogP contribution in [0, 0.1) is 0 Å². The molecule has 4 aromatic rings. The van der Waals surface area contributed by atoms with Crippen LogP contribution in [0.25, 0.3) is 11.0 Å². The highest BCUT2D eigenvalue weighted by Crippen LogP contribution is 2.25. The Labute approximate surface area is 182 Å². The number of hydrogen-bond donors (Lipinski definition) is 0. The molecule has 0 saturated carbocycles. The first kappa shape index (κ1) is 20.5. The molecular formula is C24H17ClO6. The van der Waals surface area contributed by atoms with Crippen LogP contribution in [0.1, 0.15) is 15.9 Å². The summed E-state index contributed by atoms with van der Waals surface area (Å²) in [5.41, 5.74) is 1.41. The van der Waals surface area contributed by atoms with Gasteiger partial charge < -0.3 is 18.6 Å². The first-order chi connectivity index (χ1) is 15.0. The van der Waals surface area contributed by atoms with E-state index in [1.165, 1.54) is 13.4 Å². The van der Waals surface area contributed by atoms with Gasteiger partial charge in [-0.1, -0.05) is 23.7 Å². The van der Waals surface area contributed by atoms with Gasteiger partial charge in [-0.05, 0) is 54.1 Å². The van der Waals surface area contributed by atoms with Crippen LogP contribution in [0.3, 0.4) is 0 Å². The van der Waals surface area contributed by atoms with E-state index in [2.05, 4.69) is 4.74 Å². The molecule has 3 aromatic carbocycles. The first-order valence-electron chi connectivity index (χ1n) is 9.32. The highest BCUT2D eigenvalue weighted by Gasteiger charge is 2.11. The molecule has 0 saturated heterocycles. The molecule has 0 aliphatic carbocycles. The highest BCUT2D eigenvalue weighted by molar-refractivity contribution is 6.30. The third-order valence-electron chi connectivity index (χ3n) is 4.54. The monoisotopic (exact) mass is 436 g/mol. The summed E-state index contributed by atoms with van der Waals surface area (Å²) < 4.78 is 21.6. The van der Waals surface area contributed by atoms with Gasteiger partial charge in [-0.2, -0.15) is 0 Å². The lowest BCUT2D eigenvalue weighted by Gasteiger charge is -2.09. The number of carbonyl (C=O) groups excluding carboxylic acids is 1. The number of halogens is 1. The predicted molar refractivity (Wildman–Crippen MR) is 116 cm³/mol. The van der Waals surface area contributed by atoms with Crippen molar-refractivity contribution in [3.05, 3.63) is 99.4 Å². The lowest BCUT2D eigenvalue weighted by molar-refractivity contribution is 0.0600. The van der Waals surface area contributed by atoms with Crippen molar-refractivity contribution in [3.8, 4) is 17.2 Å². The molecule has 0 aliphatic heterocycles. The number of rotatable bonds is 6. The summed E-state index contributed by atoms with van der Waals surface area (Å²) in [7, 11) is 1.31. The van der Waals surface area contributed by atoms with Gasteiger partial charge in [0.15, 0.2) is 0 Å². The summed E-state index contributed by atoms with van der Waals surface area (Å²) >= 11 is 5.89. The van der Waals surface area contributed by atoms with Crippen LogP contribution in [0.2, 0.25) is 5.02 Å². The molecule has 0 radical (unpaired) electrons. The van der Waals surface area contributed by atoms with E-state index in [4.69, 9.17) is 25.5 Å². The van der Waals surface area contributed by atoms with Crippen molar-refractivity contribution in [2.24, 2.45) is 0 Å². The maximum Gasteiger partial charge on any atom is 0.337 e. The molecule has 7 heteroatoms. The van der Waals surface area contributed by atoms with Crippen molar-refractivity contribution in [2.45, 2.75) is 6.61 Å². The average molecular weight is 437 g/mol. The van der Waals surface area contributed by atoms with E-state index in [9.17, 15) is 9.59 Å². The van der Waals surface area contributed by atoms with Crippen LogP contribution in [0.4, 0.5) is 0 Å². The lowest BCUT2D eigenvalue weighted by atomic mass is 10.2. The van der Waals surface area contributed by atoms with E-state index in [0.717, 1.165) is 5.56 Å². The molecule has 4 rings (SSSR count). The molecule has 6 nitrogen and oxygen atoms in total. The maximum atomic E-state index is 12.8. The van der Waals surface area contributed by atoms with Crippen molar-refractivity contribution in [1.82, 2.24) is 0 Å². The van der Waals surface area contributed by atoms with Crippen LogP contribution in [-0.4, -0.2) is 13.1 Å². The van der Waals surface area contributed by atoms with Gasteiger partial charge in [0.2, 0.25) is 11.2 Å². The number of esters is 1. The Morgan fingerprint density at radius 1 is 0.968 bits per heavy atom. The van der Waals surface area contributed by atoms with Crippen LogP contribution >= 0.6 is 11.6 Å². The van der Waals surface area contributed by atoms with Crippen molar-refractivity contribution < 1.29 is 23.4 Å². The number of fused-ring (bicyclic) bond motifs is 1.